The molecule has 28 heavy (non-hydrogen) atoms. The van der Waals surface area contributed by atoms with E-state index in [-0.39, 0.29) is 33.8 Å². The van der Waals surface area contributed by atoms with Crippen molar-refractivity contribution in [2.45, 2.75) is 20.0 Å². The van der Waals surface area contributed by atoms with Crippen LogP contribution in [0.4, 0.5) is 4.39 Å². The molecular weight excluding hydrogens is 383 g/mol. The van der Waals surface area contributed by atoms with E-state index in [0.717, 1.165) is 5.56 Å². The number of benzene rings is 2. The van der Waals surface area contributed by atoms with Crippen LogP contribution in [0.25, 0.3) is 22.3 Å². The molecule has 142 valence electrons. The Hall–Kier alpha value is -3.19. The molecule has 2 heterocycles. The summed E-state index contributed by atoms with van der Waals surface area (Å²) in [4.78, 5) is 25.4. The molecule has 0 aliphatic rings. The van der Waals surface area contributed by atoms with Crippen LogP contribution in [0, 0.1) is 5.82 Å². The summed E-state index contributed by atoms with van der Waals surface area (Å²) < 4.78 is 17.1. The molecule has 0 radical (unpaired) electrons. The smallest absolute Gasteiger partial charge is 0.343 e. The first-order valence-corrected chi connectivity index (χ1v) is 9.09. The number of nitrogens with zero attached hydrogens (tertiary/aromatic N) is 3. The molecule has 0 saturated heterocycles. The molecule has 0 aliphatic heterocycles. The highest BCUT2D eigenvalue weighted by atomic mass is 35.5. The van der Waals surface area contributed by atoms with Crippen molar-refractivity contribution in [3.05, 3.63) is 85.8 Å². The highest BCUT2D eigenvalue weighted by Gasteiger charge is 2.18. The molecule has 4 aromatic rings. The zero-order chi connectivity index (χ0) is 19.8. The minimum absolute atomic E-state index is 0.131. The summed E-state index contributed by atoms with van der Waals surface area (Å²) in [6.45, 7) is 2.64. The van der Waals surface area contributed by atoms with Gasteiger partial charge in [-0.15, -0.1) is 0 Å². The van der Waals surface area contributed by atoms with E-state index < -0.39 is 11.5 Å². The van der Waals surface area contributed by atoms with Crippen LogP contribution in [0.5, 0.6) is 0 Å². The molecule has 0 aliphatic carbocycles. The summed E-state index contributed by atoms with van der Waals surface area (Å²) in [5.74, 6) is -0.368. The Balaban J connectivity index is 1.96. The highest BCUT2D eigenvalue weighted by Crippen LogP contribution is 2.24. The summed E-state index contributed by atoms with van der Waals surface area (Å²) in [5, 5.41) is 6.62. The predicted octanol–water partition coefficient (Wildman–Crippen LogP) is 3.41. The zero-order valence-electron chi connectivity index (χ0n) is 14.9. The van der Waals surface area contributed by atoms with Gasteiger partial charge in [-0.05, 0) is 24.6 Å². The van der Waals surface area contributed by atoms with Crippen molar-refractivity contribution in [3.63, 3.8) is 0 Å². The topological polar surface area (TPSA) is 72.7 Å². The van der Waals surface area contributed by atoms with Gasteiger partial charge in [0.1, 0.15) is 5.82 Å². The van der Waals surface area contributed by atoms with Crippen molar-refractivity contribution < 1.29 is 4.39 Å². The Bertz CT molecular complexity index is 1290. The summed E-state index contributed by atoms with van der Waals surface area (Å²) >= 11 is 5.90. The number of H-pyrrole nitrogens is 1. The molecule has 2 aromatic carbocycles. The number of aromatic nitrogens is 4. The van der Waals surface area contributed by atoms with Crippen molar-refractivity contribution in [2.24, 2.45) is 0 Å². The number of fused-ring (bicyclic) bond motifs is 1. The minimum Gasteiger partial charge on any atom is -0.347 e. The van der Waals surface area contributed by atoms with Crippen LogP contribution < -0.4 is 11.1 Å². The fourth-order valence-corrected chi connectivity index (χ4v) is 3.41. The molecule has 6 nitrogen and oxygen atoms in total. The van der Waals surface area contributed by atoms with E-state index in [9.17, 15) is 14.0 Å². The van der Waals surface area contributed by atoms with Gasteiger partial charge in [0.2, 0.25) is 0 Å². The molecule has 2 aromatic heterocycles. The molecule has 0 amide bonds. The van der Waals surface area contributed by atoms with E-state index in [1.54, 1.807) is 10.8 Å². The van der Waals surface area contributed by atoms with E-state index in [4.69, 9.17) is 11.6 Å². The number of aromatic amines is 1. The van der Waals surface area contributed by atoms with Crippen LogP contribution in [0.15, 0.2) is 58.3 Å². The van der Waals surface area contributed by atoms with E-state index >= 15 is 0 Å². The number of pyridine rings is 1. The predicted molar refractivity (Wildman–Crippen MR) is 106 cm³/mol. The maximum atomic E-state index is 13.9. The lowest BCUT2D eigenvalue weighted by Gasteiger charge is -2.13. The third-order valence-corrected chi connectivity index (χ3v) is 4.94. The second-order valence-corrected chi connectivity index (χ2v) is 6.77. The Morgan fingerprint density at radius 2 is 1.93 bits per heavy atom. The average molecular weight is 399 g/mol. The van der Waals surface area contributed by atoms with Crippen LogP contribution in [0.2, 0.25) is 5.02 Å². The summed E-state index contributed by atoms with van der Waals surface area (Å²) in [6.07, 6.45) is 1.59. The second-order valence-electron chi connectivity index (χ2n) is 6.37. The molecule has 1 N–H and O–H groups in total. The summed E-state index contributed by atoms with van der Waals surface area (Å²) in [7, 11) is 0. The summed E-state index contributed by atoms with van der Waals surface area (Å²) in [6, 6.07) is 12.0. The van der Waals surface area contributed by atoms with Gasteiger partial charge in [0, 0.05) is 18.1 Å². The third-order valence-electron chi connectivity index (χ3n) is 4.65. The lowest BCUT2D eigenvalue weighted by molar-refractivity contribution is 0.628. The van der Waals surface area contributed by atoms with Gasteiger partial charge in [-0.2, -0.15) is 5.10 Å². The number of hydrogen-bond donors (Lipinski definition) is 1. The van der Waals surface area contributed by atoms with Gasteiger partial charge in [0.05, 0.1) is 22.6 Å². The molecule has 0 atom stereocenters. The molecule has 0 bridgehead atoms. The quantitative estimate of drug-likeness (QED) is 0.572. The zero-order valence-corrected chi connectivity index (χ0v) is 15.7. The van der Waals surface area contributed by atoms with Crippen molar-refractivity contribution in [1.29, 1.82) is 0 Å². The van der Waals surface area contributed by atoms with Gasteiger partial charge < -0.3 is 4.57 Å². The van der Waals surface area contributed by atoms with E-state index in [0.29, 0.717) is 12.1 Å². The molecule has 0 fully saturated rings. The number of aryl methyl sites for hydroxylation is 1. The minimum atomic E-state index is -0.593. The Labute approximate surface area is 163 Å². The van der Waals surface area contributed by atoms with Gasteiger partial charge in [-0.1, -0.05) is 41.9 Å². The van der Waals surface area contributed by atoms with Crippen LogP contribution in [-0.2, 0) is 13.1 Å². The first-order chi connectivity index (χ1) is 13.5. The highest BCUT2D eigenvalue weighted by molar-refractivity contribution is 6.31. The Kier molecular flexibility index (Phi) is 4.60. The van der Waals surface area contributed by atoms with E-state index in [2.05, 4.69) is 10.2 Å². The van der Waals surface area contributed by atoms with Crippen molar-refractivity contribution in [3.8, 4) is 11.4 Å². The molecule has 0 spiro atoms. The lowest BCUT2D eigenvalue weighted by Crippen LogP contribution is -2.21. The van der Waals surface area contributed by atoms with Gasteiger partial charge in [0.25, 0.3) is 0 Å². The number of rotatable bonds is 4. The second kappa shape index (κ2) is 7.09. The van der Waals surface area contributed by atoms with Crippen LogP contribution in [0.3, 0.4) is 0 Å². The number of nitrogens with one attached hydrogen (secondary N) is 1. The van der Waals surface area contributed by atoms with Gasteiger partial charge in [0.15, 0.2) is 11.3 Å². The lowest BCUT2D eigenvalue weighted by atomic mass is 10.1. The first-order valence-electron chi connectivity index (χ1n) is 8.71. The van der Waals surface area contributed by atoms with E-state index in [1.807, 2.05) is 37.3 Å². The van der Waals surface area contributed by atoms with Gasteiger partial charge in [-0.3, -0.25) is 9.36 Å². The van der Waals surface area contributed by atoms with Gasteiger partial charge in [-0.25, -0.2) is 14.3 Å². The van der Waals surface area contributed by atoms with Crippen LogP contribution >= 0.6 is 11.6 Å². The van der Waals surface area contributed by atoms with Crippen LogP contribution in [0.1, 0.15) is 12.5 Å². The van der Waals surface area contributed by atoms with Crippen molar-refractivity contribution in [1.82, 2.24) is 19.3 Å². The SMILES string of the molecule is CCn1cc(-c2n[nH]c(=O)n2Cc2ccccc2)c(=O)c2cc(Cl)c(F)cc21. The van der Waals surface area contributed by atoms with Crippen molar-refractivity contribution >= 4 is 22.5 Å². The Morgan fingerprint density at radius 1 is 1.18 bits per heavy atom. The summed E-state index contributed by atoms with van der Waals surface area (Å²) in [5.41, 5.74) is 0.791. The number of halogens is 2. The maximum absolute atomic E-state index is 13.9. The van der Waals surface area contributed by atoms with Crippen molar-refractivity contribution in [2.75, 3.05) is 0 Å². The number of hydrogen-bond acceptors (Lipinski definition) is 3. The monoisotopic (exact) mass is 398 g/mol. The maximum Gasteiger partial charge on any atom is 0.343 e. The molecule has 0 unspecified atom stereocenters. The Morgan fingerprint density at radius 3 is 2.64 bits per heavy atom. The largest absolute Gasteiger partial charge is 0.347 e. The average Bonchev–Trinajstić information content (AvgIpc) is 3.05. The fourth-order valence-electron chi connectivity index (χ4n) is 3.24. The normalized spacial score (nSPS) is 11.2. The van der Waals surface area contributed by atoms with Gasteiger partial charge >= 0.3 is 5.69 Å². The molecule has 4 rings (SSSR count). The first kappa shape index (κ1) is 18.2. The van der Waals surface area contributed by atoms with Crippen LogP contribution in [-0.4, -0.2) is 19.3 Å². The molecular formula is C20H16ClFN4O2. The molecule has 0 saturated carbocycles. The standard InChI is InChI=1S/C20H16ClFN4O2/c1-2-25-11-14(18(27)13-8-15(21)16(22)9-17(13)25)19-23-24-20(28)26(19)10-12-6-4-3-5-7-12/h3-9,11H,2,10H2,1H3,(H,24,28). The van der Waals surface area contributed by atoms with E-state index in [1.165, 1.54) is 16.7 Å². The fraction of sp³-hybridized carbons (Fsp3) is 0.150. The third kappa shape index (κ3) is 3.03. The molecule has 8 heteroatoms.